The number of likely N-dealkylation sites (tertiary alicyclic amines) is 1. The molecule has 0 radical (unpaired) electrons. The molecule has 0 bridgehead atoms. The molecule has 0 aromatic carbocycles. The maximum Gasteiger partial charge on any atom is 0.236 e. The molecule has 4 nitrogen and oxygen atoms in total. The summed E-state index contributed by atoms with van der Waals surface area (Å²) in [4.78, 5) is 17.1. The minimum atomic E-state index is 0.337. The lowest BCUT2D eigenvalue weighted by molar-refractivity contribution is -0.135. The van der Waals surface area contributed by atoms with Crippen LogP contribution in [0.15, 0.2) is 0 Å². The van der Waals surface area contributed by atoms with Crippen molar-refractivity contribution in [1.29, 1.82) is 0 Å². The molecule has 0 spiro atoms. The summed E-state index contributed by atoms with van der Waals surface area (Å²) < 4.78 is 0. The van der Waals surface area contributed by atoms with E-state index >= 15 is 0 Å². The first-order chi connectivity index (χ1) is 9.60. The van der Waals surface area contributed by atoms with Crippen LogP contribution in [0.2, 0.25) is 0 Å². The van der Waals surface area contributed by atoms with Crippen LogP contribution in [-0.4, -0.2) is 61.0 Å². The Hall–Kier alpha value is -0.610. The highest BCUT2D eigenvalue weighted by atomic mass is 16.2. The fraction of sp³-hybridized carbons (Fsp3) is 0.938. The van der Waals surface area contributed by atoms with Crippen molar-refractivity contribution in [3.05, 3.63) is 0 Å². The van der Waals surface area contributed by atoms with Gasteiger partial charge in [-0.1, -0.05) is 20.8 Å². The first-order valence-electron chi connectivity index (χ1n) is 8.32. The molecule has 0 aromatic rings. The zero-order valence-corrected chi connectivity index (χ0v) is 13.4. The van der Waals surface area contributed by atoms with E-state index < -0.39 is 0 Å². The van der Waals surface area contributed by atoms with E-state index in [1.165, 1.54) is 19.3 Å². The predicted molar refractivity (Wildman–Crippen MR) is 82.7 cm³/mol. The SMILES string of the molecule is CCN(CC(=O)N1CC(C)CC(C)C1)C1CCNCC1. The van der Waals surface area contributed by atoms with Crippen molar-refractivity contribution in [2.75, 3.05) is 39.3 Å². The van der Waals surface area contributed by atoms with Crippen LogP contribution in [0.1, 0.15) is 40.0 Å². The summed E-state index contributed by atoms with van der Waals surface area (Å²) in [5, 5.41) is 3.40. The Kier molecular flexibility index (Phi) is 5.85. The molecule has 2 heterocycles. The molecule has 0 aromatic heterocycles. The summed E-state index contributed by atoms with van der Waals surface area (Å²) in [6.45, 7) is 12.4. The van der Waals surface area contributed by atoms with Crippen LogP contribution >= 0.6 is 0 Å². The van der Waals surface area contributed by atoms with Crippen molar-refractivity contribution < 1.29 is 4.79 Å². The Labute approximate surface area is 123 Å². The summed E-state index contributed by atoms with van der Waals surface area (Å²) in [5.41, 5.74) is 0. The lowest BCUT2D eigenvalue weighted by Crippen LogP contribution is -2.50. The lowest BCUT2D eigenvalue weighted by Gasteiger charge is -2.38. The number of likely N-dealkylation sites (N-methyl/N-ethyl adjacent to an activating group) is 1. The minimum Gasteiger partial charge on any atom is -0.341 e. The highest BCUT2D eigenvalue weighted by Crippen LogP contribution is 2.21. The molecule has 2 aliphatic rings. The topological polar surface area (TPSA) is 35.6 Å². The van der Waals surface area contributed by atoms with E-state index in [1.807, 2.05) is 0 Å². The van der Waals surface area contributed by atoms with E-state index in [0.29, 0.717) is 30.3 Å². The third-order valence-electron chi connectivity index (χ3n) is 4.79. The van der Waals surface area contributed by atoms with Gasteiger partial charge in [0.25, 0.3) is 0 Å². The van der Waals surface area contributed by atoms with Crippen molar-refractivity contribution in [3.63, 3.8) is 0 Å². The second kappa shape index (κ2) is 7.41. The molecule has 0 saturated carbocycles. The van der Waals surface area contributed by atoms with Gasteiger partial charge in [-0.2, -0.15) is 0 Å². The number of amides is 1. The summed E-state index contributed by atoms with van der Waals surface area (Å²) in [5.74, 6) is 1.64. The van der Waals surface area contributed by atoms with Crippen molar-refractivity contribution in [2.24, 2.45) is 11.8 Å². The second-order valence-corrected chi connectivity index (χ2v) is 6.79. The van der Waals surface area contributed by atoms with Crippen molar-refractivity contribution >= 4 is 5.91 Å². The van der Waals surface area contributed by atoms with E-state index in [4.69, 9.17) is 0 Å². The predicted octanol–water partition coefficient (Wildman–Crippen LogP) is 1.56. The van der Waals surface area contributed by atoms with Crippen LogP contribution < -0.4 is 5.32 Å². The van der Waals surface area contributed by atoms with E-state index in [9.17, 15) is 4.79 Å². The molecule has 2 saturated heterocycles. The molecule has 1 N–H and O–H groups in total. The second-order valence-electron chi connectivity index (χ2n) is 6.79. The van der Waals surface area contributed by atoms with Gasteiger partial charge in [0.05, 0.1) is 6.54 Å². The lowest BCUT2D eigenvalue weighted by atomic mass is 9.92. The van der Waals surface area contributed by atoms with E-state index in [0.717, 1.165) is 32.7 Å². The Morgan fingerprint density at radius 3 is 2.35 bits per heavy atom. The maximum atomic E-state index is 12.6. The summed E-state index contributed by atoms with van der Waals surface area (Å²) in [6.07, 6.45) is 3.61. The Bertz CT molecular complexity index is 305. The molecule has 1 amide bonds. The maximum absolute atomic E-state index is 12.6. The summed E-state index contributed by atoms with van der Waals surface area (Å²) in [7, 11) is 0. The molecule has 2 aliphatic heterocycles. The number of carbonyl (C=O) groups is 1. The molecule has 2 fully saturated rings. The third-order valence-corrected chi connectivity index (χ3v) is 4.79. The largest absolute Gasteiger partial charge is 0.341 e. The number of piperidine rings is 2. The van der Waals surface area contributed by atoms with Gasteiger partial charge in [0, 0.05) is 19.1 Å². The third kappa shape index (κ3) is 4.19. The van der Waals surface area contributed by atoms with Gasteiger partial charge in [-0.25, -0.2) is 0 Å². The van der Waals surface area contributed by atoms with Gasteiger partial charge in [0.1, 0.15) is 0 Å². The number of nitrogens with zero attached hydrogens (tertiary/aromatic N) is 2. The number of hydrogen-bond acceptors (Lipinski definition) is 3. The van der Waals surface area contributed by atoms with Crippen LogP contribution in [0.25, 0.3) is 0 Å². The zero-order chi connectivity index (χ0) is 14.5. The number of hydrogen-bond donors (Lipinski definition) is 1. The number of nitrogens with one attached hydrogen (secondary N) is 1. The average molecular weight is 281 g/mol. The van der Waals surface area contributed by atoms with E-state index in [1.54, 1.807) is 0 Å². The minimum absolute atomic E-state index is 0.337. The molecular formula is C16H31N3O. The Balaban J connectivity index is 1.87. The van der Waals surface area contributed by atoms with Crippen LogP contribution in [0, 0.1) is 11.8 Å². The number of rotatable bonds is 4. The highest BCUT2D eigenvalue weighted by molar-refractivity contribution is 5.78. The van der Waals surface area contributed by atoms with Gasteiger partial charge in [-0.15, -0.1) is 0 Å². The molecule has 4 heteroatoms. The standard InChI is InChI=1S/C16H31N3O/c1-4-18(15-5-7-17-8-6-15)12-16(20)19-10-13(2)9-14(3)11-19/h13-15,17H,4-12H2,1-3H3. The van der Waals surface area contributed by atoms with E-state index in [-0.39, 0.29) is 0 Å². The average Bonchev–Trinajstić information content (AvgIpc) is 2.44. The molecule has 116 valence electrons. The summed E-state index contributed by atoms with van der Waals surface area (Å²) >= 11 is 0. The van der Waals surface area contributed by atoms with Crippen molar-refractivity contribution in [2.45, 2.75) is 46.1 Å². The smallest absolute Gasteiger partial charge is 0.236 e. The first-order valence-corrected chi connectivity index (χ1v) is 8.32. The molecule has 20 heavy (non-hydrogen) atoms. The van der Waals surface area contributed by atoms with E-state index in [2.05, 4.69) is 35.9 Å². The van der Waals surface area contributed by atoms with Gasteiger partial charge in [-0.3, -0.25) is 9.69 Å². The van der Waals surface area contributed by atoms with Gasteiger partial charge in [-0.05, 0) is 50.7 Å². The van der Waals surface area contributed by atoms with Crippen molar-refractivity contribution in [1.82, 2.24) is 15.1 Å². The van der Waals surface area contributed by atoms with Crippen molar-refractivity contribution in [3.8, 4) is 0 Å². The Morgan fingerprint density at radius 1 is 1.20 bits per heavy atom. The Morgan fingerprint density at radius 2 is 1.80 bits per heavy atom. The van der Waals surface area contributed by atoms with Gasteiger partial charge in [0.15, 0.2) is 0 Å². The fourth-order valence-electron chi connectivity index (χ4n) is 3.81. The quantitative estimate of drug-likeness (QED) is 0.849. The van der Waals surface area contributed by atoms with Gasteiger partial charge in [0.2, 0.25) is 5.91 Å². The van der Waals surface area contributed by atoms with Crippen LogP contribution in [-0.2, 0) is 4.79 Å². The molecule has 2 unspecified atom stereocenters. The molecule has 2 atom stereocenters. The fourth-order valence-corrected chi connectivity index (χ4v) is 3.81. The highest BCUT2D eigenvalue weighted by Gasteiger charge is 2.28. The van der Waals surface area contributed by atoms with Gasteiger partial charge >= 0.3 is 0 Å². The van der Waals surface area contributed by atoms with Crippen LogP contribution in [0.4, 0.5) is 0 Å². The molecular weight excluding hydrogens is 250 g/mol. The summed E-state index contributed by atoms with van der Waals surface area (Å²) in [6, 6.07) is 0.588. The van der Waals surface area contributed by atoms with Gasteiger partial charge < -0.3 is 10.2 Å². The first kappa shape index (κ1) is 15.8. The monoisotopic (exact) mass is 281 g/mol. The number of carbonyl (C=O) groups excluding carboxylic acids is 1. The normalized spacial score (nSPS) is 28.9. The van der Waals surface area contributed by atoms with Crippen LogP contribution in [0.3, 0.4) is 0 Å². The van der Waals surface area contributed by atoms with Crippen LogP contribution in [0.5, 0.6) is 0 Å². The molecule has 2 rings (SSSR count). The zero-order valence-electron chi connectivity index (χ0n) is 13.4. The molecule has 0 aliphatic carbocycles.